The van der Waals surface area contributed by atoms with Crippen LogP contribution in [0.5, 0.6) is 0 Å². The Labute approximate surface area is 418 Å². The van der Waals surface area contributed by atoms with Gasteiger partial charge in [0.1, 0.15) is 19.3 Å². The lowest BCUT2D eigenvalue weighted by molar-refractivity contribution is -0.870. The molecule has 0 fully saturated rings. The van der Waals surface area contributed by atoms with Crippen LogP contribution < -0.4 is 5.32 Å². The molecule has 0 bridgehead atoms. The summed E-state index contributed by atoms with van der Waals surface area (Å²) in [5.74, 6) is -0.598. The summed E-state index contributed by atoms with van der Waals surface area (Å²) in [6.07, 6.45) is 61.6. The van der Waals surface area contributed by atoms with E-state index in [0.29, 0.717) is 23.9 Å². The van der Waals surface area contributed by atoms with Gasteiger partial charge in [-0.05, 0) is 96.0 Å². The zero-order valence-electron chi connectivity index (χ0n) is 44.6. The van der Waals surface area contributed by atoms with E-state index in [9.17, 15) is 19.0 Å². The van der Waals surface area contributed by atoms with Crippen molar-refractivity contribution in [2.45, 2.75) is 232 Å². The van der Waals surface area contributed by atoms with E-state index in [0.717, 1.165) is 83.5 Å². The van der Waals surface area contributed by atoms with E-state index in [-0.39, 0.29) is 37.9 Å². The molecule has 0 aliphatic rings. The average Bonchev–Trinajstić information content (AvgIpc) is 3.29. The highest BCUT2D eigenvalue weighted by Crippen LogP contribution is 2.43. The van der Waals surface area contributed by atoms with Crippen LogP contribution in [0.4, 0.5) is 0 Å². The number of ether oxygens (including phenoxy) is 1. The molecule has 0 aromatic heterocycles. The Morgan fingerprint density at radius 3 is 1.46 bits per heavy atom. The van der Waals surface area contributed by atoms with E-state index < -0.39 is 20.0 Å². The summed E-state index contributed by atoms with van der Waals surface area (Å²) in [5.41, 5.74) is 0. The van der Waals surface area contributed by atoms with Gasteiger partial charge in [-0.3, -0.25) is 18.6 Å². The number of nitrogens with one attached hydrogen (secondary N) is 1. The molecule has 1 amide bonds. The summed E-state index contributed by atoms with van der Waals surface area (Å²) in [7, 11) is 1.44. The third kappa shape index (κ3) is 48.2. The number of esters is 1. The molecule has 0 rings (SSSR count). The molecule has 3 unspecified atom stereocenters. The van der Waals surface area contributed by atoms with Crippen LogP contribution in [0.15, 0.2) is 85.1 Å². The first-order valence-corrected chi connectivity index (χ1v) is 28.9. The third-order valence-corrected chi connectivity index (χ3v) is 12.6. The van der Waals surface area contributed by atoms with Crippen LogP contribution in [0.3, 0.4) is 0 Å². The lowest BCUT2D eigenvalue weighted by Crippen LogP contribution is -2.47. The number of hydrogen-bond acceptors (Lipinski definition) is 6. The second-order valence-corrected chi connectivity index (χ2v) is 20.8. The molecule has 392 valence electrons. The number of quaternary nitrogens is 1. The van der Waals surface area contributed by atoms with Crippen LogP contribution in [0.25, 0.3) is 0 Å². The van der Waals surface area contributed by atoms with Crippen molar-refractivity contribution >= 4 is 19.7 Å². The van der Waals surface area contributed by atoms with Gasteiger partial charge in [0, 0.05) is 12.8 Å². The molecule has 0 aromatic carbocycles. The summed E-state index contributed by atoms with van der Waals surface area (Å²) in [6.45, 7) is 6.81. The van der Waals surface area contributed by atoms with Gasteiger partial charge < -0.3 is 19.4 Å². The molecule has 0 aliphatic heterocycles. The van der Waals surface area contributed by atoms with E-state index in [1.807, 2.05) is 33.3 Å². The lowest BCUT2D eigenvalue weighted by atomic mass is 10.1. The number of nitrogens with zero attached hydrogens (tertiary/aromatic N) is 1. The molecule has 0 saturated heterocycles. The summed E-state index contributed by atoms with van der Waals surface area (Å²) in [5, 5.41) is 3.00. The minimum atomic E-state index is -4.46. The first-order chi connectivity index (χ1) is 32.9. The second kappa shape index (κ2) is 47.8. The molecule has 2 N–H and O–H groups in total. The molecule has 0 spiro atoms. The number of unbranched alkanes of at least 4 members (excludes halogenated alkanes) is 20. The summed E-state index contributed by atoms with van der Waals surface area (Å²) in [6, 6.07) is -0.886. The molecule has 0 aliphatic carbocycles. The van der Waals surface area contributed by atoms with Gasteiger partial charge >= 0.3 is 13.8 Å². The maximum absolute atomic E-state index is 13.4. The van der Waals surface area contributed by atoms with Crippen molar-refractivity contribution in [3.63, 3.8) is 0 Å². The Balaban J connectivity index is 5.49. The Morgan fingerprint density at radius 1 is 0.529 bits per heavy atom. The zero-order valence-corrected chi connectivity index (χ0v) is 45.5. The molecule has 0 heterocycles. The Bertz CT molecular complexity index is 1440. The van der Waals surface area contributed by atoms with Crippen molar-refractivity contribution in [1.82, 2.24) is 5.32 Å². The van der Waals surface area contributed by atoms with Crippen molar-refractivity contribution in [2.24, 2.45) is 0 Å². The largest absolute Gasteiger partial charge is 0.472 e. The first-order valence-electron chi connectivity index (χ1n) is 27.4. The Hall–Kier alpha value is -2.81. The van der Waals surface area contributed by atoms with E-state index in [4.69, 9.17) is 13.8 Å². The fourth-order valence-corrected chi connectivity index (χ4v) is 8.06. The van der Waals surface area contributed by atoms with Crippen molar-refractivity contribution in [3.05, 3.63) is 85.1 Å². The summed E-state index contributed by atoms with van der Waals surface area (Å²) in [4.78, 5) is 37.4. The van der Waals surface area contributed by atoms with Crippen LogP contribution in [0, 0.1) is 0 Å². The van der Waals surface area contributed by atoms with Crippen LogP contribution in [0.2, 0.25) is 0 Å². The van der Waals surface area contributed by atoms with Crippen molar-refractivity contribution in [1.29, 1.82) is 0 Å². The van der Waals surface area contributed by atoms with Crippen LogP contribution in [-0.2, 0) is 27.9 Å². The molecule has 68 heavy (non-hydrogen) atoms. The Kier molecular flexibility index (Phi) is 45.9. The van der Waals surface area contributed by atoms with Gasteiger partial charge in [-0.1, -0.05) is 196 Å². The van der Waals surface area contributed by atoms with E-state index in [2.05, 4.69) is 99.0 Å². The average molecular weight is 972 g/mol. The predicted octanol–water partition coefficient (Wildman–Crippen LogP) is 16.3. The predicted molar refractivity (Wildman–Crippen MR) is 291 cm³/mol. The fraction of sp³-hybridized carbons (Fsp3) is 0.724. The maximum atomic E-state index is 13.4. The molecule has 3 atom stereocenters. The minimum absolute atomic E-state index is 0.0240. The van der Waals surface area contributed by atoms with E-state index in [1.54, 1.807) is 0 Å². The number of hydrogen-bond donors (Lipinski definition) is 2. The minimum Gasteiger partial charge on any atom is -0.456 e. The van der Waals surface area contributed by atoms with Gasteiger partial charge in [0.25, 0.3) is 0 Å². The van der Waals surface area contributed by atoms with Crippen LogP contribution in [-0.4, -0.2) is 74.3 Å². The number of likely N-dealkylation sites (N-methyl/N-ethyl adjacent to an activating group) is 1. The number of rotatable bonds is 48. The van der Waals surface area contributed by atoms with Gasteiger partial charge in [-0.2, -0.15) is 0 Å². The molecule has 0 radical (unpaired) electrons. The standard InChI is InChI=1S/C58H103N2O7P/c1-7-10-13-16-19-22-25-27-29-30-31-32-35-38-41-44-47-50-57(61)59-55(54-66-68(63,64)65-53-52-60(4,5)6)56(49-46-43-40-37-34-24-21-18-15-12-9-3)67-58(62)51-48-45-42-39-36-33-28-26-23-20-17-14-11-8-2/h10,13,19,22,27,29,31-33,36,38,41,46,49,55-56H,7-9,11-12,14-18,20-21,23-26,28,30,34-35,37,39-40,42-45,47-48,50-54H2,1-6H3,(H-,59,61,63,64)/p+1/b13-10-,22-19-,29-27-,32-31-,36-33-,41-38-,49-46+. The number of carbonyl (C=O) groups is 2. The lowest BCUT2D eigenvalue weighted by Gasteiger charge is -2.27. The number of allylic oxidation sites excluding steroid dienone is 13. The number of phosphoric ester groups is 1. The first kappa shape index (κ1) is 65.2. The normalized spacial score (nSPS) is 14.5. The topological polar surface area (TPSA) is 111 Å². The van der Waals surface area contributed by atoms with Gasteiger partial charge in [0.05, 0.1) is 33.8 Å². The van der Waals surface area contributed by atoms with Gasteiger partial charge in [-0.25, -0.2) is 4.57 Å². The van der Waals surface area contributed by atoms with E-state index >= 15 is 0 Å². The maximum Gasteiger partial charge on any atom is 0.472 e. The molecule has 10 heteroatoms. The molecule has 0 saturated carbocycles. The smallest absolute Gasteiger partial charge is 0.456 e. The number of carbonyl (C=O) groups excluding carboxylic acids is 2. The monoisotopic (exact) mass is 972 g/mol. The number of amides is 1. The SMILES string of the molecule is CC/C=C\C/C=C\C/C=C\C/C=C\C/C=C\CCCC(=O)NC(COP(=O)(O)OCC[N+](C)(C)C)C(/C=C/CCCCCCCCCCC)OC(=O)CCCCC/C=C\CCCCCCCCC. The fourth-order valence-electron chi connectivity index (χ4n) is 7.32. The highest BCUT2D eigenvalue weighted by molar-refractivity contribution is 7.47. The van der Waals surface area contributed by atoms with Crippen molar-refractivity contribution in [3.8, 4) is 0 Å². The molecular weight excluding hydrogens is 868 g/mol. The highest BCUT2D eigenvalue weighted by Gasteiger charge is 2.30. The van der Waals surface area contributed by atoms with Crippen LogP contribution >= 0.6 is 7.82 Å². The highest BCUT2D eigenvalue weighted by atomic mass is 31.2. The van der Waals surface area contributed by atoms with Crippen molar-refractivity contribution in [2.75, 3.05) is 40.9 Å². The van der Waals surface area contributed by atoms with Crippen LogP contribution in [0.1, 0.15) is 220 Å². The summed E-state index contributed by atoms with van der Waals surface area (Å²) >= 11 is 0. The van der Waals surface area contributed by atoms with Gasteiger partial charge in [0.2, 0.25) is 5.91 Å². The van der Waals surface area contributed by atoms with Gasteiger partial charge in [-0.15, -0.1) is 0 Å². The molecule has 9 nitrogen and oxygen atoms in total. The molecule has 0 aromatic rings. The van der Waals surface area contributed by atoms with Gasteiger partial charge in [0.15, 0.2) is 0 Å². The molecular formula is C58H104N2O7P+. The quantitative estimate of drug-likeness (QED) is 0.0205. The second-order valence-electron chi connectivity index (χ2n) is 19.4. The number of phosphoric acid groups is 1. The Morgan fingerprint density at radius 2 is 0.956 bits per heavy atom. The summed E-state index contributed by atoms with van der Waals surface area (Å²) < 4.78 is 30.5. The third-order valence-electron chi connectivity index (χ3n) is 11.6. The van der Waals surface area contributed by atoms with Crippen molar-refractivity contribution < 1.29 is 37.3 Å². The zero-order chi connectivity index (χ0) is 50.1. The van der Waals surface area contributed by atoms with E-state index in [1.165, 1.54) is 89.9 Å².